The van der Waals surface area contributed by atoms with E-state index in [1.165, 1.54) is 37.6 Å². The molecule has 0 spiro atoms. The Hall–Kier alpha value is -4.37. The number of anilines is 1. The molecule has 9 heteroatoms. The molecular formula is C29H26N2O6S. The van der Waals surface area contributed by atoms with E-state index in [0.717, 1.165) is 21.3 Å². The second-order valence-electron chi connectivity index (χ2n) is 8.93. The summed E-state index contributed by atoms with van der Waals surface area (Å²) < 4.78 is 17.3. The summed E-state index contributed by atoms with van der Waals surface area (Å²) in [7, 11) is 4.54. The molecule has 3 aromatic carbocycles. The number of hydrogen-bond acceptors (Lipinski definition) is 8. The first-order chi connectivity index (χ1) is 18.3. The number of amides is 1. The van der Waals surface area contributed by atoms with Crippen LogP contribution in [0.3, 0.4) is 0 Å². The van der Waals surface area contributed by atoms with Gasteiger partial charge in [-0.25, -0.2) is 4.98 Å². The lowest BCUT2D eigenvalue weighted by atomic mass is 9.94. The largest absolute Gasteiger partial charge is 0.507 e. The molecule has 38 heavy (non-hydrogen) atoms. The number of hydrogen-bond donors (Lipinski definition) is 1. The topological polar surface area (TPSA) is 98.2 Å². The zero-order valence-electron chi connectivity index (χ0n) is 21.6. The van der Waals surface area contributed by atoms with Crippen LogP contribution in [0.5, 0.6) is 17.2 Å². The van der Waals surface area contributed by atoms with Gasteiger partial charge in [-0.1, -0.05) is 29.5 Å². The van der Waals surface area contributed by atoms with Crippen molar-refractivity contribution in [1.82, 2.24) is 4.98 Å². The Labute approximate surface area is 223 Å². The Morgan fingerprint density at radius 3 is 2.39 bits per heavy atom. The molecule has 0 aliphatic carbocycles. The van der Waals surface area contributed by atoms with Gasteiger partial charge in [-0.15, -0.1) is 0 Å². The summed E-state index contributed by atoms with van der Waals surface area (Å²) in [6.45, 7) is 3.95. The second-order valence-corrected chi connectivity index (χ2v) is 9.94. The minimum absolute atomic E-state index is 0.0815. The van der Waals surface area contributed by atoms with Crippen molar-refractivity contribution in [1.29, 1.82) is 0 Å². The van der Waals surface area contributed by atoms with Crippen LogP contribution < -0.4 is 19.1 Å². The van der Waals surface area contributed by atoms with E-state index in [-0.39, 0.29) is 11.3 Å². The van der Waals surface area contributed by atoms with E-state index in [9.17, 15) is 14.7 Å². The van der Waals surface area contributed by atoms with Gasteiger partial charge in [0.1, 0.15) is 29.0 Å². The maximum absolute atomic E-state index is 13.6. The standard InChI is InChI=1S/C29H26N2O6S/c1-15-11-16(2)24-22(12-15)38-29(30-24)31-25(20-14-19(36-4)9-10-21(20)37-5)23(27(33)28(31)34)26(32)17-7-6-8-18(13-17)35-3/h6-14,25,32H,1-5H3/t25-/m0/s1. The van der Waals surface area contributed by atoms with Crippen molar-refractivity contribution in [3.63, 3.8) is 0 Å². The SMILES string of the molecule is COc1cccc(C(O)=C2C(=O)C(=O)N(c3nc4c(C)cc(C)cc4s3)[C@H]2c2cc(OC)ccc2OC)c1. The van der Waals surface area contributed by atoms with Crippen LogP contribution in [0.15, 0.2) is 60.2 Å². The quantitative estimate of drug-likeness (QED) is 0.198. The molecule has 1 fully saturated rings. The van der Waals surface area contributed by atoms with Crippen molar-refractivity contribution >= 4 is 44.1 Å². The number of carbonyl (C=O) groups is 2. The first kappa shape index (κ1) is 25.3. The fraction of sp³-hybridized carbons (Fsp3) is 0.207. The number of Topliss-reactive ketones (excluding diaryl/α,β-unsaturated/α-hetero) is 1. The van der Waals surface area contributed by atoms with Crippen molar-refractivity contribution in [2.75, 3.05) is 26.2 Å². The third-order valence-electron chi connectivity index (χ3n) is 6.54. The van der Waals surface area contributed by atoms with Crippen LogP contribution in [0.4, 0.5) is 5.13 Å². The van der Waals surface area contributed by atoms with E-state index in [4.69, 9.17) is 19.2 Å². The predicted octanol–water partition coefficient (Wildman–Crippen LogP) is 5.57. The van der Waals surface area contributed by atoms with E-state index in [0.29, 0.717) is 33.5 Å². The number of carbonyl (C=O) groups excluding carboxylic acids is 2. The number of ether oxygens (including phenoxy) is 3. The lowest BCUT2D eigenvalue weighted by molar-refractivity contribution is -0.132. The highest BCUT2D eigenvalue weighted by Crippen LogP contribution is 2.47. The van der Waals surface area contributed by atoms with Crippen molar-refractivity contribution in [2.45, 2.75) is 19.9 Å². The van der Waals surface area contributed by atoms with E-state index in [1.54, 1.807) is 42.5 Å². The summed E-state index contributed by atoms with van der Waals surface area (Å²) in [5.74, 6) is -0.524. The molecule has 8 nitrogen and oxygen atoms in total. The van der Waals surface area contributed by atoms with Crippen molar-refractivity contribution in [2.24, 2.45) is 0 Å². The van der Waals surface area contributed by atoms with Gasteiger partial charge in [-0.05, 0) is 61.4 Å². The highest BCUT2D eigenvalue weighted by molar-refractivity contribution is 7.22. The summed E-state index contributed by atoms with van der Waals surface area (Å²) in [5, 5.41) is 11.8. The van der Waals surface area contributed by atoms with Gasteiger partial charge >= 0.3 is 5.91 Å². The number of aliphatic hydroxyl groups is 1. The van der Waals surface area contributed by atoms with Gasteiger partial charge in [-0.3, -0.25) is 14.5 Å². The molecule has 4 aromatic rings. The molecule has 1 N–H and O–H groups in total. The molecule has 1 saturated heterocycles. The van der Waals surface area contributed by atoms with Gasteiger partial charge in [0.15, 0.2) is 5.13 Å². The summed E-state index contributed by atoms with van der Waals surface area (Å²) in [5.41, 5.74) is 3.51. The minimum atomic E-state index is -1.02. The van der Waals surface area contributed by atoms with Crippen molar-refractivity contribution in [3.8, 4) is 17.2 Å². The zero-order chi connectivity index (χ0) is 27.1. The molecule has 0 saturated carbocycles. The van der Waals surface area contributed by atoms with Gasteiger partial charge < -0.3 is 19.3 Å². The summed E-state index contributed by atoms with van der Waals surface area (Å²) in [6, 6.07) is 14.8. The molecular weight excluding hydrogens is 504 g/mol. The Morgan fingerprint density at radius 2 is 1.68 bits per heavy atom. The molecule has 1 aliphatic rings. The van der Waals surface area contributed by atoms with Gasteiger partial charge in [0.05, 0.1) is 37.1 Å². The predicted molar refractivity (Wildman–Crippen MR) is 146 cm³/mol. The first-order valence-corrected chi connectivity index (χ1v) is 12.6. The van der Waals surface area contributed by atoms with Crippen LogP contribution in [0.25, 0.3) is 16.0 Å². The number of ketones is 1. The Bertz CT molecular complexity index is 1620. The van der Waals surface area contributed by atoms with Gasteiger partial charge in [-0.2, -0.15) is 0 Å². The van der Waals surface area contributed by atoms with Crippen molar-refractivity contribution < 1.29 is 28.9 Å². The van der Waals surface area contributed by atoms with Gasteiger partial charge in [0.2, 0.25) is 0 Å². The number of fused-ring (bicyclic) bond motifs is 1. The highest BCUT2D eigenvalue weighted by Gasteiger charge is 2.49. The van der Waals surface area contributed by atoms with Crippen LogP contribution in [0.1, 0.15) is 28.3 Å². The van der Waals surface area contributed by atoms with Gasteiger partial charge in [0.25, 0.3) is 5.78 Å². The van der Waals surface area contributed by atoms with Crippen molar-refractivity contribution in [3.05, 3.63) is 82.4 Å². The van der Waals surface area contributed by atoms with E-state index in [2.05, 4.69) is 0 Å². The molecule has 2 heterocycles. The first-order valence-electron chi connectivity index (χ1n) is 11.8. The molecule has 0 radical (unpaired) electrons. The van der Waals surface area contributed by atoms with Gasteiger partial charge in [0, 0.05) is 11.1 Å². The maximum Gasteiger partial charge on any atom is 0.301 e. The fourth-order valence-electron chi connectivity index (χ4n) is 4.76. The fourth-order valence-corrected chi connectivity index (χ4v) is 5.93. The Kier molecular flexibility index (Phi) is 6.54. The summed E-state index contributed by atoms with van der Waals surface area (Å²) >= 11 is 1.31. The lowest BCUT2D eigenvalue weighted by Gasteiger charge is -2.25. The maximum atomic E-state index is 13.6. The molecule has 1 atom stereocenters. The molecule has 0 unspecified atom stereocenters. The van der Waals surface area contributed by atoms with Crippen LogP contribution in [0, 0.1) is 13.8 Å². The molecule has 5 rings (SSSR count). The third-order valence-corrected chi connectivity index (χ3v) is 7.55. The van der Waals surface area contributed by atoms with E-state index >= 15 is 0 Å². The highest BCUT2D eigenvalue weighted by atomic mass is 32.1. The van der Waals surface area contributed by atoms with E-state index in [1.807, 2.05) is 26.0 Å². The van der Waals surface area contributed by atoms with E-state index < -0.39 is 17.7 Å². The number of methoxy groups -OCH3 is 3. The number of thiazole rings is 1. The Morgan fingerprint density at radius 1 is 0.947 bits per heavy atom. The van der Waals surface area contributed by atoms with Crippen LogP contribution in [0.2, 0.25) is 0 Å². The minimum Gasteiger partial charge on any atom is -0.507 e. The molecule has 194 valence electrons. The normalized spacial score (nSPS) is 16.8. The second kappa shape index (κ2) is 9.83. The average molecular weight is 531 g/mol. The zero-order valence-corrected chi connectivity index (χ0v) is 22.4. The molecule has 1 amide bonds. The molecule has 1 aromatic heterocycles. The number of nitrogens with zero attached hydrogens (tertiary/aromatic N) is 2. The average Bonchev–Trinajstić information content (AvgIpc) is 3.46. The van der Waals surface area contributed by atoms with Crippen LogP contribution in [-0.4, -0.2) is 43.1 Å². The summed E-state index contributed by atoms with van der Waals surface area (Å²) in [4.78, 5) is 33.3. The van der Waals surface area contributed by atoms with Crippen LogP contribution >= 0.6 is 11.3 Å². The lowest BCUT2D eigenvalue weighted by Crippen LogP contribution is -2.29. The number of benzene rings is 3. The number of aryl methyl sites for hydroxylation is 2. The number of aliphatic hydroxyl groups excluding tert-OH is 1. The molecule has 1 aliphatic heterocycles. The monoisotopic (exact) mass is 530 g/mol. The number of aromatic nitrogens is 1. The Balaban J connectivity index is 1.80. The third kappa shape index (κ3) is 4.14. The molecule has 0 bridgehead atoms. The summed E-state index contributed by atoms with van der Waals surface area (Å²) in [6.07, 6.45) is 0. The smallest absolute Gasteiger partial charge is 0.301 e. The van der Waals surface area contributed by atoms with Crippen LogP contribution in [-0.2, 0) is 9.59 Å². The number of rotatable bonds is 6.